The molecule has 0 aliphatic rings. The Morgan fingerprint density at radius 2 is 0.870 bits per heavy atom. The number of nitrogens with zero attached hydrogens (tertiary/aromatic N) is 2. The van der Waals surface area contributed by atoms with Crippen molar-refractivity contribution < 1.29 is 5.11 Å². The smallest absolute Gasteiger partial charge is 0.0972 e. The van der Waals surface area contributed by atoms with Crippen molar-refractivity contribution in [2.24, 2.45) is 0 Å². The van der Waals surface area contributed by atoms with E-state index in [1.54, 1.807) is 0 Å². The van der Waals surface area contributed by atoms with Gasteiger partial charge >= 0.3 is 0 Å². The number of aromatic nitrogens is 2. The Kier molecular flexibility index (Phi) is 6.12. The zero-order valence-electron chi connectivity index (χ0n) is 25.0. The predicted octanol–water partition coefficient (Wildman–Crippen LogP) is 10.7. The topological polar surface area (TPSA) is 46.0 Å². The average molecular weight is 589 g/mol. The quantitative estimate of drug-likeness (QED) is 0.208. The summed E-state index contributed by atoms with van der Waals surface area (Å²) >= 11 is 0. The first-order chi connectivity index (χ1) is 22.7. The first kappa shape index (κ1) is 26.5. The first-order valence-corrected chi connectivity index (χ1v) is 15.6. The van der Waals surface area contributed by atoms with Gasteiger partial charge in [-0.3, -0.25) is 0 Å². The minimum Gasteiger partial charge on any atom is -0.392 e. The lowest BCUT2D eigenvalue weighted by atomic mass is 9.92. The maximum atomic E-state index is 9.91. The van der Waals surface area contributed by atoms with E-state index in [1.807, 2.05) is 30.3 Å². The molecular weight excluding hydrogens is 560 g/mol. The standard InChI is InChI=1S/C43H28N2O/c46-26-32-7-1-2-8-33(32)41-24-21-30-18-17-29-20-23-40(44-42(29)43(30)45-41)28-15-13-27(14-16-28)31-19-22-38-36-11-4-3-9-34(36)35-10-5-6-12-37(35)39(38)25-31/h1-25,46H,26H2. The fourth-order valence-corrected chi connectivity index (χ4v) is 6.91. The van der Waals surface area contributed by atoms with Crippen molar-refractivity contribution in [3.63, 3.8) is 0 Å². The van der Waals surface area contributed by atoms with E-state index in [2.05, 4.69) is 121 Å². The SMILES string of the molecule is OCc1ccccc1-c1ccc2ccc3ccc(-c4ccc(-c5ccc6c7ccccc7c7ccccc7c6c5)cc4)nc3c2n1. The number of benzene rings is 7. The molecule has 7 aromatic carbocycles. The maximum Gasteiger partial charge on any atom is 0.0972 e. The van der Waals surface area contributed by atoms with Gasteiger partial charge in [0.2, 0.25) is 0 Å². The Labute approximate surface area is 266 Å². The van der Waals surface area contributed by atoms with Gasteiger partial charge in [-0.1, -0.05) is 133 Å². The molecule has 2 aromatic heterocycles. The Morgan fingerprint density at radius 1 is 0.391 bits per heavy atom. The molecule has 0 unspecified atom stereocenters. The van der Waals surface area contributed by atoms with Crippen LogP contribution in [0.25, 0.3) is 87.8 Å². The van der Waals surface area contributed by atoms with Gasteiger partial charge in [0, 0.05) is 21.9 Å². The summed E-state index contributed by atoms with van der Waals surface area (Å²) < 4.78 is 0. The van der Waals surface area contributed by atoms with Gasteiger partial charge < -0.3 is 5.11 Å². The predicted molar refractivity (Wildman–Crippen MR) is 192 cm³/mol. The minimum absolute atomic E-state index is 0.0312. The molecule has 9 rings (SSSR count). The van der Waals surface area contributed by atoms with Gasteiger partial charge in [-0.05, 0) is 67.2 Å². The van der Waals surface area contributed by atoms with Gasteiger partial charge in [0.1, 0.15) is 0 Å². The summed E-state index contributed by atoms with van der Waals surface area (Å²) in [4.78, 5) is 10.2. The molecule has 46 heavy (non-hydrogen) atoms. The van der Waals surface area contributed by atoms with Crippen molar-refractivity contribution in [1.82, 2.24) is 9.97 Å². The Bertz CT molecular complexity index is 2590. The Balaban J connectivity index is 1.13. The lowest BCUT2D eigenvalue weighted by Gasteiger charge is -2.12. The summed E-state index contributed by atoms with van der Waals surface area (Å²) in [5, 5.41) is 19.7. The average Bonchev–Trinajstić information content (AvgIpc) is 3.14. The van der Waals surface area contributed by atoms with Crippen LogP contribution in [-0.4, -0.2) is 15.1 Å². The molecule has 0 bridgehead atoms. The number of pyridine rings is 2. The Hall–Kier alpha value is -5.90. The summed E-state index contributed by atoms with van der Waals surface area (Å²) in [5.41, 5.74) is 8.68. The lowest BCUT2D eigenvalue weighted by Crippen LogP contribution is -1.94. The molecule has 0 aliphatic heterocycles. The molecule has 9 aromatic rings. The van der Waals surface area contributed by atoms with Crippen molar-refractivity contribution >= 4 is 54.1 Å². The number of hydrogen-bond acceptors (Lipinski definition) is 3. The first-order valence-electron chi connectivity index (χ1n) is 15.6. The second-order valence-electron chi connectivity index (χ2n) is 11.8. The fraction of sp³-hybridized carbons (Fsp3) is 0.0233. The van der Waals surface area contributed by atoms with Gasteiger partial charge in [0.25, 0.3) is 0 Å². The van der Waals surface area contributed by atoms with E-state index < -0.39 is 0 Å². The third kappa shape index (κ3) is 4.25. The van der Waals surface area contributed by atoms with Crippen molar-refractivity contribution in [2.45, 2.75) is 6.61 Å². The molecule has 216 valence electrons. The van der Waals surface area contributed by atoms with E-state index in [9.17, 15) is 5.11 Å². The number of hydrogen-bond donors (Lipinski definition) is 1. The molecule has 0 aliphatic carbocycles. The van der Waals surface area contributed by atoms with Gasteiger partial charge in [-0.25, -0.2) is 9.97 Å². The molecule has 0 atom stereocenters. The van der Waals surface area contributed by atoms with Crippen molar-refractivity contribution in [3.8, 4) is 33.6 Å². The molecule has 2 heterocycles. The van der Waals surface area contributed by atoms with Crippen LogP contribution in [0.15, 0.2) is 152 Å². The second kappa shape index (κ2) is 10.6. The van der Waals surface area contributed by atoms with Crippen molar-refractivity contribution in [1.29, 1.82) is 0 Å². The van der Waals surface area contributed by atoms with E-state index >= 15 is 0 Å². The molecule has 3 nitrogen and oxygen atoms in total. The highest BCUT2D eigenvalue weighted by Crippen LogP contribution is 2.37. The van der Waals surface area contributed by atoms with Crippen LogP contribution in [0, 0.1) is 0 Å². The van der Waals surface area contributed by atoms with Gasteiger partial charge in [0.05, 0.1) is 29.0 Å². The molecule has 1 N–H and O–H groups in total. The molecule has 0 spiro atoms. The number of rotatable bonds is 4. The van der Waals surface area contributed by atoms with Gasteiger partial charge in [-0.2, -0.15) is 0 Å². The number of aliphatic hydroxyl groups is 1. The molecule has 0 amide bonds. The maximum absolute atomic E-state index is 9.91. The lowest BCUT2D eigenvalue weighted by molar-refractivity contribution is 0.282. The van der Waals surface area contributed by atoms with E-state index in [1.165, 1.54) is 43.4 Å². The highest BCUT2D eigenvalue weighted by atomic mass is 16.3. The second-order valence-corrected chi connectivity index (χ2v) is 11.8. The fourth-order valence-electron chi connectivity index (χ4n) is 6.91. The normalized spacial score (nSPS) is 11.7. The molecule has 0 saturated carbocycles. The van der Waals surface area contributed by atoms with Crippen LogP contribution in [0.3, 0.4) is 0 Å². The van der Waals surface area contributed by atoms with Crippen LogP contribution in [0.2, 0.25) is 0 Å². The van der Waals surface area contributed by atoms with Crippen LogP contribution in [0.5, 0.6) is 0 Å². The van der Waals surface area contributed by atoms with Crippen molar-refractivity contribution in [2.75, 3.05) is 0 Å². The molecule has 0 radical (unpaired) electrons. The number of fused-ring (bicyclic) bond motifs is 9. The third-order valence-electron chi connectivity index (χ3n) is 9.24. The van der Waals surface area contributed by atoms with Crippen LogP contribution >= 0.6 is 0 Å². The van der Waals surface area contributed by atoms with Crippen LogP contribution in [-0.2, 0) is 6.61 Å². The summed E-state index contributed by atoms with van der Waals surface area (Å²) in [5.74, 6) is 0. The monoisotopic (exact) mass is 588 g/mol. The molecule has 0 fully saturated rings. The summed E-state index contributed by atoms with van der Waals surface area (Å²) in [6.07, 6.45) is 0. The highest BCUT2D eigenvalue weighted by molar-refractivity contribution is 6.25. The van der Waals surface area contributed by atoms with Gasteiger partial charge in [0.15, 0.2) is 0 Å². The largest absolute Gasteiger partial charge is 0.392 e. The Morgan fingerprint density at radius 3 is 1.52 bits per heavy atom. The van der Waals surface area contributed by atoms with Crippen LogP contribution < -0.4 is 0 Å². The van der Waals surface area contributed by atoms with E-state index in [0.29, 0.717) is 0 Å². The molecule has 0 saturated heterocycles. The van der Waals surface area contributed by atoms with E-state index in [-0.39, 0.29) is 6.61 Å². The summed E-state index contributed by atoms with van der Waals surface area (Å²) in [6, 6.07) is 53.3. The van der Waals surface area contributed by atoms with Crippen LogP contribution in [0.4, 0.5) is 0 Å². The van der Waals surface area contributed by atoms with E-state index in [4.69, 9.17) is 9.97 Å². The molecule has 3 heteroatoms. The highest BCUT2D eigenvalue weighted by Gasteiger charge is 2.12. The molecular formula is C43H28N2O. The third-order valence-corrected chi connectivity index (χ3v) is 9.24. The van der Waals surface area contributed by atoms with Crippen LogP contribution in [0.1, 0.15) is 5.56 Å². The zero-order valence-corrected chi connectivity index (χ0v) is 25.0. The van der Waals surface area contributed by atoms with Gasteiger partial charge in [-0.15, -0.1) is 0 Å². The number of aliphatic hydroxyl groups excluding tert-OH is 1. The van der Waals surface area contributed by atoms with Crippen molar-refractivity contribution in [3.05, 3.63) is 157 Å². The zero-order chi connectivity index (χ0) is 30.6. The summed E-state index contributed by atoms with van der Waals surface area (Å²) in [7, 11) is 0. The minimum atomic E-state index is -0.0312. The van der Waals surface area contributed by atoms with E-state index in [0.717, 1.165) is 49.9 Å². The summed E-state index contributed by atoms with van der Waals surface area (Å²) in [6.45, 7) is -0.0312.